The minimum atomic E-state index is 0.00130. The molecular formula is C14H29NO. The van der Waals surface area contributed by atoms with Crippen molar-refractivity contribution in [2.75, 3.05) is 7.11 Å². The monoisotopic (exact) mass is 227 g/mol. The van der Waals surface area contributed by atoms with Crippen molar-refractivity contribution in [2.24, 2.45) is 17.1 Å². The van der Waals surface area contributed by atoms with E-state index in [9.17, 15) is 0 Å². The maximum Gasteiger partial charge on any atom is 0.0622 e. The molecule has 0 spiro atoms. The predicted molar refractivity (Wildman–Crippen MR) is 69.4 cm³/mol. The third-order valence-corrected chi connectivity index (χ3v) is 4.24. The molecule has 0 amide bonds. The van der Waals surface area contributed by atoms with E-state index in [1.807, 2.05) is 0 Å². The fourth-order valence-electron chi connectivity index (χ4n) is 2.71. The molecule has 1 aliphatic carbocycles. The molecule has 0 saturated heterocycles. The molecule has 2 nitrogen and oxygen atoms in total. The largest absolute Gasteiger partial charge is 0.379 e. The van der Waals surface area contributed by atoms with Gasteiger partial charge in [-0.3, -0.25) is 0 Å². The Morgan fingerprint density at radius 2 is 2.00 bits per heavy atom. The molecule has 1 fully saturated rings. The molecule has 2 atom stereocenters. The Bertz CT molecular complexity index is 223. The first-order valence-corrected chi connectivity index (χ1v) is 6.56. The maximum absolute atomic E-state index is 6.23. The Morgan fingerprint density at radius 3 is 2.56 bits per heavy atom. The summed E-state index contributed by atoms with van der Waals surface area (Å²) in [6, 6.07) is 0.403. The molecule has 2 N–H and O–H groups in total. The summed E-state index contributed by atoms with van der Waals surface area (Å²) in [5.41, 5.74) is 6.72. The van der Waals surface area contributed by atoms with Crippen molar-refractivity contribution in [2.45, 2.75) is 71.4 Å². The van der Waals surface area contributed by atoms with Gasteiger partial charge in [0.25, 0.3) is 0 Å². The van der Waals surface area contributed by atoms with Crippen molar-refractivity contribution in [1.82, 2.24) is 0 Å². The number of ether oxygens (including phenoxy) is 1. The van der Waals surface area contributed by atoms with Crippen LogP contribution in [0.25, 0.3) is 0 Å². The lowest BCUT2D eigenvalue weighted by molar-refractivity contribution is 0.00512. The molecule has 96 valence electrons. The summed E-state index contributed by atoms with van der Waals surface area (Å²) in [7, 11) is 1.80. The van der Waals surface area contributed by atoms with Gasteiger partial charge in [0.1, 0.15) is 0 Å². The van der Waals surface area contributed by atoms with Crippen molar-refractivity contribution < 1.29 is 4.74 Å². The van der Waals surface area contributed by atoms with E-state index in [0.29, 0.717) is 17.4 Å². The van der Waals surface area contributed by atoms with Crippen LogP contribution in [0.5, 0.6) is 0 Å². The molecule has 1 aliphatic rings. The highest BCUT2D eigenvalue weighted by Gasteiger charge is 2.33. The van der Waals surface area contributed by atoms with Gasteiger partial charge in [-0.2, -0.15) is 0 Å². The quantitative estimate of drug-likeness (QED) is 0.799. The predicted octanol–water partition coefficient (Wildman–Crippen LogP) is 3.35. The average molecular weight is 227 g/mol. The van der Waals surface area contributed by atoms with Gasteiger partial charge < -0.3 is 10.5 Å². The van der Waals surface area contributed by atoms with Gasteiger partial charge in [0.2, 0.25) is 0 Å². The van der Waals surface area contributed by atoms with Crippen molar-refractivity contribution in [3.05, 3.63) is 0 Å². The molecule has 0 aromatic carbocycles. The average Bonchev–Trinajstić information content (AvgIpc) is 2.20. The van der Waals surface area contributed by atoms with Gasteiger partial charge in [-0.1, -0.05) is 13.8 Å². The first-order valence-electron chi connectivity index (χ1n) is 6.56. The fraction of sp³-hybridized carbons (Fsp3) is 1.00. The number of nitrogens with two attached hydrogens (primary N) is 1. The van der Waals surface area contributed by atoms with Gasteiger partial charge in [-0.05, 0) is 57.3 Å². The lowest BCUT2D eigenvalue weighted by Crippen LogP contribution is -2.40. The molecule has 0 heterocycles. The summed E-state index contributed by atoms with van der Waals surface area (Å²) in [4.78, 5) is 0. The van der Waals surface area contributed by atoms with Crippen LogP contribution >= 0.6 is 0 Å². The maximum atomic E-state index is 6.23. The Balaban J connectivity index is 2.46. The van der Waals surface area contributed by atoms with E-state index in [2.05, 4.69) is 27.7 Å². The summed E-state index contributed by atoms with van der Waals surface area (Å²) in [6.45, 7) is 9.06. The van der Waals surface area contributed by atoms with Crippen LogP contribution in [0.15, 0.2) is 0 Å². The van der Waals surface area contributed by atoms with E-state index in [1.165, 1.54) is 25.7 Å². The van der Waals surface area contributed by atoms with Crippen LogP contribution in [0.4, 0.5) is 0 Å². The standard InChI is InChI=1S/C14H29NO/c1-13(2)8-7-12(15)11(10-13)6-9-14(3,4)16-5/h11-12H,6-10,15H2,1-5H3. The Morgan fingerprint density at radius 1 is 1.38 bits per heavy atom. The summed E-state index contributed by atoms with van der Waals surface area (Å²) in [6.07, 6.45) is 6.04. The molecular weight excluding hydrogens is 198 g/mol. The number of hydrogen-bond acceptors (Lipinski definition) is 2. The molecule has 16 heavy (non-hydrogen) atoms. The molecule has 0 radical (unpaired) electrons. The molecule has 0 bridgehead atoms. The SMILES string of the molecule is COC(C)(C)CCC1CC(C)(C)CCC1N. The Kier molecular flexibility index (Phi) is 4.42. The van der Waals surface area contributed by atoms with E-state index in [1.54, 1.807) is 7.11 Å². The second-order valence-electron chi connectivity index (χ2n) is 6.83. The smallest absolute Gasteiger partial charge is 0.0622 e. The van der Waals surface area contributed by atoms with Gasteiger partial charge in [0.15, 0.2) is 0 Å². The molecule has 2 unspecified atom stereocenters. The molecule has 0 aromatic rings. The first kappa shape index (κ1) is 14.0. The zero-order valence-electron chi connectivity index (χ0n) is 11.7. The minimum Gasteiger partial charge on any atom is -0.379 e. The minimum absolute atomic E-state index is 0.00130. The number of hydrogen-bond donors (Lipinski definition) is 1. The zero-order chi connectivity index (χ0) is 12.4. The molecule has 2 heteroatoms. The summed E-state index contributed by atoms with van der Waals surface area (Å²) < 4.78 is 5.48. The summed E-state index contributed by atoms with van der Waals surface area (Å²) in [5.74, 6) is 0.679. The van der Waals surface area contributed by atoms with Gasteiger partial charge in [0.05, 0.1) is 5.60 Å². The van der Waals surface area contributed by atoms with E-state index in [0.717, 1.165) is 6.42 Å². The lowest BCUT2D eigenvalue weighted by atomic mass is 9.68. The Hall–Kier alpha value is -0.0800. The van der Waals surface area contributed by atoms with Gasteiger partial charge >= 0.3 is 0 Å². The van der Waals surface area contributed by atoms with E-state index in [4.69, 9.17) is 10.5 Å². The number of methoxy groups -OCH3 is 1. The summed E-state index contributed by atoms with van der Waals surface area (Å²) in [5, 5.41) is 0. The Labute approximate surface area is 101 Å². The normalized spacial score (nSPS) is 30.4. The van der Waals surface area contributed by atoms with Crippen molar-refractivity contribution in [3.63, 3.8) is 0 Å². The third kappa shape index (κ3) is 4.06. The van der Waals surface area contributed by atoms with E-state index < -0.39 is 0 Å². The van der Waals surface area contributed by atoms with Gasteiger partial charge in [0, 0.05) is 13.2 Å². The highest BCUT2D eigenvalue weighted by Crippen LogP contribution is 2.40. The molecule has 0 aromatic heterocycles. The van der Waals surface area contributed by atoms with Crippen LogP contribution in [0.2, 0.25) is 0 Å². The number of rotatable bonds is 4. The third-order valence-electron chi connectivity index (χ3n) is 4.24. The lowest BCUT2D eigenvalue weighted by Gasteiger charge is -2.40. The van der Waals surface area contributed by atoms with E-state index in [-0.39, 0.29) is 5.60 Å². The second kappa shape index (κ2) is 5.05. The van der Waals surface area contributed by atoms with Crippen molar-refractivity contribution in [1.29, 1.82) is 0 Å². The van der Waals surface area contributed by atoms with Gasteiger partial charge in [-0.15, -0.1) is 0 Å². The zero-order valence-corrected chi connectivity index (χ0v) is 11.7. The fourth-order valence-corrected chi connectivity index (χ4v) is 2.71. The molecule has 1 saturated carbocycles. The first-order chi connectivity index (χ1) is 7.26. The topological polar surface area (TPSA) is 35.2 Å². The van der Waals surface area contributed by atoms with Crippen LogP contribution in [0, 0.1) is 11.3 Å². The van der Waals surface area contributed by atoms with E-state index >= 15 is 0 Å². The van der Waals surface area contributed by atoms with Crippen LogP contribution in [0.1, 0.15) is 59.8 Å². The second-order valence-corrected chi connectivity index (χ2v) is 6.83. The van der Waals surface area contributed by atoms with Crippen LogP contribution < -0.4 is 5.73 Å². The summed E-state index contributed by atoms with van der Waals surface area (Å²) >= 11 is 0. The van der Waals surface area contributed by atoms with Crippen molar-refractivity contribution in [3.8, 4) is 0 Å². The van der Waals surface area contributed by atoms with Crippen LogP contribution in [-0.4, -0.2) is 18.8 Å². The van der Waals surface area contributed by atoms with Crippen LogP contribution in [-0.2, 0) is 4.74 Å². The highest BCUT2D eigenvalue weighted by molar-refractivity contribution is 4.88. The molecule has 1 rings (SSSR count). The van der Waals surface area contributed by atoms with Crippen LogP contribution in [0.3, 0.4) is 0 Å². The molecule has 0 aliphatic heterocycles. The highest BCUT2D eigenvalue weighted by atomic mass is 16.5. The van der Waals surface area contributed by atoms with Crippen molar-refractivity contribution >= 4 is 0 Å². The van der Waals surface area contributed by atoms with Gasteiger partial charge in [-0.25, -0.2) is 0 Å².